The van der Waals surface area contributed by atoms with Gasteiger partial charge >= 0.3 is 0 Å². The topological polar surface area (TPSA) is 78.4 Å². The first-order valence-electron chi connectivity index (χ1n) is 11.5. The van der Waals surface area contributed by atoms with E-state index in [0.29, 0.717) is 6.54 Å². The number of likely N-dealkylation sites (N-methyl/N-ethyl adjacent to an activating group) is 1. The van der Waals surface area contributed by atoms with Gasteiger partial charge in [-0.25, -0.2) is 4.98 Å². The van der Waals surface area contributed by atoms with Gasteiger partial charge in [0.1, 0.15) is 0 Å². The maximum Gasteiger partial charge on any atom is 0.225 e. The quantitative estimate of drug-likeness (QED) is 0.623. The molecule has 6 atom stereocenters. The van der Waals surface area contributed by atoms with E-state index >= 15 is 0 Å². The van der Waals surface area contributed by atoms with Gasteiger partial charge in [0.15, 0.2) is 5.13 Å². The van der Waals surface area contributed by atoms with Crippen molar-refractivity contribution in [2.24, 2.45) is 23.2 Å². The second-order valence-electron chi connectivity index (χ2n) is 9.83. The molecule has 0 bridgehead atoms. The summed E-state index contributed by atoms with van der Waals surface area (Å²) in [5.41, 5.74) is 2.02. The fourth-order valence-electron chi connectivity index (χ4n) is 5.97. The van der Waals surface area contributed by atoms with Crippen LogP contribution in [0, 0.1) is 23.2 Å². The summed E-state index contributed by atoms with van der Waals surface area (Å²) >= 11 is 1.71. The van der Waals surface area contributed by atoms with Crippen molar-refractivity contribution in [3.8, 4) is 0 Å². The fourth-order valence-corrected chi connectivity index (χ4v) is 7.26. The Kier molecular flexibility index (Phi) is 6.41. The third-order valence-corrected chi connectivity index (χ3v) is 8.63. The number of carbonyl (C=O) groups excluding carboxylic acids is 1. The Bertz CT molecular complexity index is 978. The summed E-state index contributed by atoms with van der Waals surface area (Å²) < 4.78 is 0. The molecule has 2 aromatic rings. The Morgan fingerprint density at radius 1 is 1.53 bits per heavy atom. The van der Waals surface area contributed by atoms with Crippen LogP contribution >= 0.6 is 11.3 Å². The number of nitrogens with zero attached hydrogens (tertiary/aromatic N) is 3. The van der Waals surface area contributed by atoms with E-state index < -0.39 is 6.10 Å². The van der Waals surface area contributed by atoms with Crippen molar-refractivity contribution >= 4 is 28.1 Å². The Morgan fingerprint density at radius 2 is 2.31 bits per heavy atom. The van der Waals surface area contributed by atoms with Crippen LogP contribution < -0.4 is 5.32 Å². The van der Waals surface area contributed by atoms with E-state index in [0.717, 1.165) is 35.8 Å². The first kappa shape index (κ1) is 22.9. The van der Waals surface area contributed by atoms with Crippen LogP contribution in [0.3, 0.4) is 0 Å². The summed E-state index contributed by atoms with van der Waals surface area (Å²) in [5, 5.41) is 15.8. The van der Waals surface area contributed by atoms with Gasteiger partial charge in [-0.1, -0.05) is 26.8 Å². The molecule has 6 unspecified atom stereocenters. The van der Waals surface area contributed by atoms with Gasteiger partial charge in [-0.3, -0.25) is 9.78 Å². The lowest BCUT2D eigenvalue weighted by molar-refractivity contribution is -0.143. The lowest BCUT2D eigenvalue weighted by Crippen LogP contribution is -2.53. The lowest BCUT2D eigenvalue weighted by atomic mass is 9.53. The minimum absolute atomic E-state index is 0.0101. The molecule has 2 aromatic heterocycles. The molecule has 1 saturated carbocycles. The summed E-state index contributed by atoms with van der Waals surface area (Å²) in [4.78, 5) is 25.0. The molecule has 0 radical (unpaired) electrons. The number of carbonyl (C=O) groups is 1. The van der Waals surface area contributed by atoms with Crippen LogP contribution in [-0.2, 0) is 11.2 Å². The zero-order chi connectivity index (χ0) is 23.0. The van der Waals surface area contributed by atoms with Crippen molar-refractivity contribution < 1.29 is 9.90 Å². The van der Waals surface area contributed by atoms with Crippen LogP contribution in [0.2, 0.25) is 0 Å². The zero-order valence-electron chi connectivity index (χ0n) is 19.4. The van der Waals surface area contributed by atoms with E-state index in [9.17, 15) is 9.90 Å². The van der Waals surface area contributed by atoms with E-state index in [-0.39, 0.29) is 35.0 Å². The number of anilines is 2. The smallest absolute Gasteiger partial charge is 0.225 e. The monoisotopic (exact) mass is 454 g/mol. The number of pyridine rings is 1. The largest absolute Gasteiger partial charge is 0.392 e. The van der Waals surface area contributed by atoms with Crippen molar-refractivity contribution in [3.05, 3.63) is 47.8 Å². The summed E-state index contributed by atoms with van der Waals surface area (Å²) in [5.74, 6) is 0.0469. The average Bonchev–Trinajstić information content (AvgIpc) is 3.15. The molecule has 1 amide bonds. The highest BCUT2D eigenvalue weighted by Gasteiger charge is 2.54. The number of fused-ring (bicyclic) bond motifs is 2. The minimum atomic E-state index is -0.524. The molecule has 32 heavy (non-hydrogen) atoms. The van der Waals surface area contributed by atoms with Gasteiger partial charge in [0.05, 0.1) is 23.7 Å². The molecule has 0 saturated heterocycles. The number of aliphatic hydroxyl groups excluding tert-OH is 1. The van der Waals surface area contributed by atoms with E-state index in [2.05, 4.69) is 30.7 Å². The van der Waals surface area contributed by atoms with Crippen LogP contribution in [0.4, 0.5) is 10.8 Å². The first-order chi connectivity index (χ1) is 15.2. The summed E-state index contributed by atoms with van der Waals surface area (Å²) in [7, 11) is 1.81. The fraction of sp³-hybridized carbons (Fsp3) is 0.560. The van der Waals surface area contributed by atoms with Gasteiger partial charge in [-0.05, 0) is 48.6 Å². The van der Waals surface area contributed by atoms with Crippen molar-refractivity contribution in [2.75, 3.05) is 18.9 Å². The summed E-state index contributed by atoms with van der Waals surface area (Å²) in [6, 6.07) is 3.88. The SMILES string of the molecule is C=CCN(C)C(=O)C(C)C1CCC2(C)Cc3sc(Nc4cccnc4)nc3C(C)C2C1O. The minimum Gasteiger partial charge on any atom is -0.392 e. The van der Waals surface area contributed by atoms with Crippen LogP contribution in [0.15, 0.2) is 37.2 Å². The van der Waals surface area contributed by atoms with E-state index in [1.165, 1.54) is 4.88 Å². The van der Waals surface area contributed by atoms with Gasteiger partial charge in [-0.2, -0.15) is 0 Å². The molecule has 2 aliphatic carbocycles. The normalized spacial score (nSPS) is 30.0. The lowest BCUT2D eigenvalue weighted by Gasteiger charge is -2.53. The van der Waals surface area contributed by atoms with Crippen molar-refractivity contribution in [2.45, 2.75) is 52.1 Å². The number of rotatable bonds is 6. The molecular formula is C25H34N4O2S. The van der Waals surface area contributed by atoms with Crippen molar-refractivity contribution in [1.29, 1.82) is 0 Å². The number of aromatic nitrogens is 2. The predicted molar refractivity (Wildman–Crippen MR) is 129 cm³/mol. The number of aliphatic hydroxyl groups is 1. The van der Waals surface area contributed by atoms with Crippen LogP contribution in [0.1, 0.15) is 50.1 Å². The first-order valence-corrected chi connectivity index (χ1v) is 12.3. The molecule has 0 spiro atoms. The molecule has 4 rings (SSSR count). The van der Waals surface area contributed by atoms with E-state index in [1.54, 1.807) is 41.8 Å². The Morgan fingerprint density at radius 3 is 3.00 bits per heavy atom. The van der Waals surface area contributed by atoms with Gasteiger partial charge < -0.3 is 15.3 Å². The van der Waals surface area contributed by atoms with Crippen molar-refractivity contribution in [3.63, 3.8) is 0 Å². The number of hydrogen-bond donors (Lipinski definition) is 2. The average molecular weight is 455 g/mol. The molecule has 0 aliphatic heterocycles. The molecule has 0 aromatic carbocycles. The molecule has 6 nitrogen and oxygen atoms in total. The highest BCUT2D eigenvalue weighted by molar-refractivity contribution is 7.15. The summed E-state index contributed by atoms with van der Waals surface area (Å²) in [6.07, 6.45) is 7.56. The number of hydrogen-bond acceptors (Lipinski definition) is 6. The van der Waals surface area contributed by atoms with Gasteiger partial charge in [0.25, 0.3) is 0 Å². The second kappa shape index (κ2) is 8.94. The number of amides is 1. The Hall–Kier alpha value is -2.25. The van der Waals surface area contributed by atoms with Crippen LogP contribution in [0.5, 0.6) is 0 Å². The van der Waals surface area contributed by atoms with Crippen molar-refractivity contribution in [1.82, 2.24) is 14.9 Å². The maximum absolute atomic E-state index is 12.9. The van der Waals surface area contributed by atoms with E-state index in [4.69, 9.17) is 4.98 Å². The molecule has 7 heteroatoms. The third kappa shape index (κ3) is 4.08. The third-order valence-electron chi connectivity index (χ3n) is 7.65. The highest BCUT2D eigenvalue weighted by Crippen LogP contribution is 2.57. The highest BCUT2D eigenvalue weighted by atomic mass is 32.1. The van der Waals surface area contributed by atoms with Gasteiger partial charge in [-0.15, -0.1) is 17.9 Å². The van der Waals surface area contributed by atoms with Gasteiger partial charge in [0, 0.05) is 36.5 Å². The number of nitrogens with one attached hydrogen (secondary N) is 1. The maximum atomic E-state index is 12.9. The molecule has 2 heterocycles. The molecule has 2 N–H and O–H groups in total. The zero-order valence-corrected chi connectivity index (χ0v) is 20.2. The summed E-state index contributed by atoms with van der Waals surface area (Å²) in [6.45, 7) is 10.7. The molecule has 172 valence electrons. The molecule has 2 aliphatic rings. The predicted octanol–water partition coefficient (Wildman–Crippen LogP) is 4.62. The number of thiazole rings is 1. The van der Waals surface area contributed by atoms with Crippen LogP contribution in [0.25, 0.3) is 0 Å². The van der Waals surface area contributed by atoms with Crippen LogP contribution in [-0.4, -0.2) is 45.6 Å². The standard InChI is InChI=1S/C25H34N4O2S/c1-6-12-29(5)23(31)15(2)18-9-10-25(4)13-19-21(16(3)20(25)22(18)30)28-24(32-19)27-17-8-7-11-26-14-17/h6-8,11,14-16,18,20,22,30H,1,9-10,12-13H2,2-5H3,(H,27,28). The van der Waals surface area contributed by atoms with E-state index in [1.807, 2.05) is 19.1 Å². The Balaban J connectivity index is 1.57. The Labute approximate surface area is 194 Å². The molecular weight excluding hydrogens is 420 g/mol. The van der Waals surface area contributed by atoms with Gasteiger partial charge in [0.2, 0.25) is 5.91 Å². The second-order valence-corrected chi connectivity index (χ2v) is 10.9. The molecule has 1 fully saturated rings.